The topological polar surface area (TPSA) is 27.1 Å². The van der Waals surface area contributed by atoms with E-state index in [4.69, 9.17) is 5.41 Å². The fraction of sp³-hybridized carbons (Fsp3) is 0.923. The van der Waals surface area contributed by atoms with Crippen LogP contribution in [0.15, 0.2) is 0 Å². The molecule has 2 heteroatoms. The Morgan fingerprint density at radius 3 is 1.73 bits per heavy atom. The van der Waals surface area contributed by atoms with Crippen molar-refractivity contribution in [1.82, 2.24) is 4.90 Å². The van der Waals surface area contributed by atoms with Crippen LogP contribution in [0.4, 0.5) is 0 Å². The third-order valence-corrected chi connectivity index (χ3v) is 4.99. The van der Waals surface area contributed by atoms with Crippen LogP contribution >= 0.6 is 0 Å². The summed E-state index contributed by atoms with van der Waals surface area (Å²) in [6, 6.07) is 0. The van der Waals surface area contributed by atoms with Crippen LogP contribution in [0.5, 0.6) is 0 Å². The summed E-state index contributed by atoms with van der Waals surface area (Å²) in [6.45, 7) is 0. The van der Waals surface area contributed by atoms with Crippen LogP contribution in [0.3, 0.4) is 0 Å². The highest BCUT2D eigenvalue weighted by molar-refractivity contribution is 5.85. The van der Waals surface area contributed by atoms with Crippen molar-refractivity contribution in [3.63, 3.8) is 0 Å². The highest BCUT2D eigenvalue weighted by Gasteiger charge is 2.53. The molecule has 0 spiro atoms. The lowest BCUT2D eigenvalue weighted by Gasteiger charge is -2.57. The van der Waals surface area contributed by atoms with Gasteiger partial charge in [-0.1, -0.05) is 0 Å². The van der Waals surface area contributed by atoms with Gasteiger partial charge in [0.1, 0.15) is 5.84 Å². The minimum Gasteiger partial charge on any atom is -0.366 e. The Balaban J connectivity index is 1.90. The fourth-order valence-corrected chi connectivity index (χ4v) is 4.88. The van der Waals surface area contributed by atoms with E-state index in [1.165, 1.54) is 38.5 Å². The van der Waals surface area contributed by atoms with Gasteiger partial charge in [-0.15, -0.1) is 0 Å². The van der Waals surface area contributed by atoms with Crippen molar-refractivity contribution in [3.05, 3.63) is 0 Å². The van der Waals surface area contributed by atoms with E-state index in [9.17, 15) is 0 Å². The second kappa shape index (κ2) is 2.99. The average Bonchev–Trinajstić information content (AvgIpc) is 2.14. The van der Waals surface area contributed by atoms with Crippen molar-refractivity contribution in [2.45, 2.75) is 38.5 Å². The number of rotatable bonds is 1. The van der Waals surface area contributed by atoms with Crippen molar-refractivity contribution in [2.75, 3.05) is 14.1 Å². The molecule has 4 fully saturated rings. The Hall–Kier alpha value is -0.530. The number of hydrogen-bond donors (Lipinski definition) is 1. The van der Waals surface area contributed by atoms with Crippen LogP contribution in [0.25, 0.3) is 0 Å². The Kier molecular flexibility index (Phi) is 1.93. The van der Waals surface area contributed by atoms with Crippen LogP contribution in [-0.4, -0.2) is 24.8 Å². The van der Waals surface area contributed by atoms with E-state index in [0.29, 0.717) is 0 Å². The van der Waals surface area contributed by atoms with E-state index in [1.54, 1.807) is 0 Å². The first kappa shape index (κ1) is 9.68. The normalized spacial score (nSPS) is 46.9. The van der Waals surface area contributed by atoms with Crippen molar-refractivity contribution in [2.24, 2.45) is 23.2 Å². The highest BCUT2D eigenvalue weighted by atomic mass is 15.1. The smallest absolute Gasteiger partial charge is 0.102 e. The minimum absolute atomic E-state index is 0.290. The third kappa shape index (κ3) is 1.33. The first-order valence-corrected chi connectivity index (χ1v) is 6.35. The summed E-state index contributed by atoms with van der Waals surface area (Å²) in [5.74, 6) is 3.78. The molecule has 4 aliphatic carbocycles. The molecular formula is C13H22N2. The molecule has 0 saturated heterocycles. The predicted molar refractivity (Wildman–Crippen MR) is 62.0 cm³/mol. The summed E-state index contributed by atoms with van der Waals surface area (Å²) in [6.07, 6.45) is 8.36. The second-order valence-corrected chi connectivity index (χ2v) is 6.44. The molecule has 1 N–H and O–H groups in total. The third-order valence-electron chi connectivity index (χ3n) is 4.99. The SMILES string of the molecule is CN(C)C(=N)C12CC3CC(CC(C3)C1)C2. The van der Waals surface area contributed by atoms with E-state index in [1.807, 2.05) is 19.0 Å². The van der Waals surface area contributed by atoms with Gasteiger partial charge in [0.15, 0.2) is 0 Å². The predicted octanol–water partition coefficient (Wildman–Crippen LogP) is 2.74. The maximum absolute atomic E-state index is 8.35. The van der Waals surface area contributed by atoms with Crippen molar-refractivity contribution in [3.8, 4) is 0 Å². The van der Waals surface area contributed by atoms with E-state index in [2.05, 4.69) is 0 Å². The van der Waals surface area contributed by atoms with Crippen LogP contribution in [0, 0.1) is 28.6 Å². The lowest BCUT2D eigenvalue weighted by Crippen LogP contribution is -2.52. The lowest BCUT2D eigenvalue weighted by atomic mass is 9.49. The van der Waals surface area contributed by atoms with Crippen molar-refractivity contribution >= 4 is 5.84 Å². The zero-order valence-corrected chi connectivity index (χ0v) is 9.92. The van der Waals surface area contributed by atoms with Gasteiger partial charge in [-0.2, -0.15) is 0 Å². The molecule has 0 heterocycles. The molecular weight excluding hydrogens is 184 g/mol. The Morgan fingerprint density at radius 2 is 1.40 bits per heavy atom. The van der Waals surface area contributed by atoms with Crippen LogP contribution in [-0.2, 0) is 0 Å². The maximum Gasteiger partial charge on any atom is 0.102 e. The summed E-state index contributed by atoms with van der Waals surface area (Å²) in [4.78, 5) is 2.05. The molecule has 84 valence electrons. The summed E-state index contributed by atoms with van der Waals surface area (Å²) in [5.41, 5.74) is 0.290. The molecule has 0 amide bonds. The van der Waals surface area contributed by atoms with Crippen molar-refractivity contribution < 1.29 is 0 Å². The van der Waals surface area contributed by atoms with Crippen LogP contribution < -0.4 is 0 Å². The summed E-state index contributed by atoms with van der Waals surface area (Å²) >= 11 is 0. The first-order chi connectivity index (χ1) is 7.09. The molecule has 0 aromatic rings. The zero-order valence-electron chi connectivity index (χ0n) is 9.92. The van der Waals surface area contributed by atoms with Gasteiger partial charge in [0.2, 0.25) is 0 Å². The molecule has 4 saturated carbocycles. The van der Waals surface area contributed by atoms with Gasteiger partial charge < -0.3 is 4.90 Å². The number of amidine groups is 1. The highest BCUT2D eigenvalue weighted by Crippen LogP contribution is 2.60. The molecule has 15 heavy (non-hydrogen) atoms. The van der Waals surface area contributed by atoms with Gasteiger partial charge in [0, 0.05) is 19.5 Å². The van der Waals surface area contributed by atoms with Gasteiger partial charge in [0.05, 0.1) is 0 Å². The Bertz CT molecular complexity index is 258. The van der Waals surface area contributed by atoms with E-state index in [0.717, 1.165) is 23.6 Å². The zero-order chi connectivity index (χ0) is 10.6. The van der Waals surface area contributed by atoms with Crippen LogP contribution in [0.1, 0.15) is 38.5 Å². The summed E-state index contributed by atoms with van der Waals surface area (Å²) in [7, 11) is 4.09. The molecule has 4 bridgehead atoms. The first-order valence-electron chi connectivity index (χ1n) is 6.35. The largest absolute Gasteiger partial charge is 0.366 e. The molecule has 2 nitrogen and oxygen atoms in total. The van der Waals surface area contributed by atoms with Gasteiger partial charge in [-0.3, -0.25) is 5.41 Å². The minimum atomic E-state index is 0.290. The van der Waals surface area contributed by atoms with Crippen LogP contribution in [0.2, 0.25) is 0 Å². The maximum atomic E-state index is 8.35. The Labute approximate surface area is 92.5 Å². The van der Waals surface area contributed by atoms with E-state index >= 15 is 0 Å². The molecule has 0 unspecified atom stereocenters. The number of nitrogens with zero attached hydrogens (tertiary/aromatic N) is 1. The molecule has 0 aromatic heterocycles. The number of hydrogen-bond acceptors (Lipinski definition) is 1. The molecule has 0 aliphatic heterocycles. The quantitative estimate of drug-likeness (QED) is 0.518. The van der Waals surface area contributed by atoms with Gasteiger partial charge in [-0.25, -0.2) is 0 Å². The molecule has 4 rings (SSSR count). The standard InChI is InChI=1S/C13H22N2/c1-15(2)12(14)13-6-9-3-10(7-13)5-11(4-9)8-13/h9-11,14H,3-8H2,1-2H3. The molecule has 0 radical (unpaired) electrons. The molecule has 0 aromatic carbocycles. The van der Waals surface area contributed by atoms with Gasteiger partial charge >= 0.3 is 0 Å². The Morgan fingerprint density at radius 1 is 1.00 bits per heavy atom. The summed E-state index contributed by atoms with van der Waals surface area (Å²) < 4.78 is 0. The fourth-order valence-electron chi connectivity index (χ4n) is 4.88. The number of nitrogens with one attached hydrogen (secondary N) is 1. The van der Waals surface area contributed by atoms with E-state index < -0.39 is 0 Å². The average molecular weight is 206 g/mol. The molecule has 0 atom stereocenters. The van der Waals surface area contributed by atoms with Gasteiger partial charge in [-0.05, 0) is 56.3 Å². The van der Waals surface area contributed by atoms with Gasteiger partial charge in [0.25, 0.3) is 0 Å². The van der Waals surface area contributed by atoms with E-state index in [-0.39, 0.29) is 5.41 Å². The monoisotopic (exact) mass is 206 g/mol. The van der Waals surface area contributed by atoms with Crippen molar-refractivity contribution in [1.29, 1.82) is 5.41 Å². The lowest BCUT2D eigenvalue weighted by molar-refractivity contribution is -0.0176. The summed E-state index contributed by atoms with van der Waals surface area (Å²) in [5, 5.41) is 8.35. The second-order valence-electron chi connectivity index (χ2n) is 6.44. The molecule has 4 aliphatic rings.